The summed E-state index contributed by atoms with van der Waals surface area (Å²) in [5.74, 6) is 2.54. The van der Waals surface area contributed by atoms with Gasteiger partial charge in [0.15, 0.2) is 0 Å². The molecule has 1 aromatic carbocycles. The molecule has 2 aromatic heterocycles. The van der Waals surface area contributed by atoms with Gasteiger partial charge < -0.3 is 18.8 Å². The minimum absolute atomic E-state index is 0.0120. The van der Waals surface area contributed by atoms with E-state index in [0.29, 0.717) is 19.6 Å². The summed E-state index contributed by atoms with van der Waals surface area (Å²) in [4.78, 5) is 20.2. The number of ether oxygens (including phenoxy) is 2. The molecule has 3 heterocycles. The Morgan fingerprint density at radius 2 is 2.06 bits per heavy atom. The molecule has 3 aromatic rings. The second-order valence-electron chi connectivity index (χ2n) is 8.09. The molecule has 0 saturated carbocycles. The summed E-state index contributed by atoms with van der Waals surface area (Å²) in [7, 11) is 3.32. The molecule has 1 aliphatic rings. The largest absolute Gasteiger partial charge is 0.497 e. The number of furan rings is 1. The second kappa shape index (κ2) is 10.2. The van der Waals surface area contributed by atoms with E-state index in [1.807, 2.05) is 35.2 Å². The van der Waals surface area contributed by atoms with Crippen molar-refractivity contribution in [2.24, 2.45) is 0 Å². The van der Waals surface area contributed by atoms with Crippen LogP contribution in [0.15, 0.2) is 53.1 Å². The molecule has 6 nitrogen and oxygen atoms in total. The number of benzene rings is 1. The van der Waals surface area contributed by atoms with Crippen LogP contribution in [0.3, 0.4) is 0 Å². The first-order valence-electron chi connectivity index (χ1n) is 10.9. The zero-order valence-corrected chi connectivity index (χ0v) is 19.7. The molecular formula is C25H30N2O4S. The molecule has 1 saturated heterocycles. The number of methoxy groups -OCH3 is 2. The summed E-state index contributed by atoms with van der Waals surface area (Å²) in [5.41, 5.74) is 1.00. The Kier molecular flexibility index (Phi) is 7.17. The van der Waals surface area contributed by atoms with Gasteiger partial charge in [0.2, 0.25) is 5.91 Å². The normalized spacial score (nSPS) is 16.0. The predicted octanol–water partition coefficient (Wildman–Crippen LogP) is 5.03. The molecule has 7 heteroatoms. The van der Waals surface area contributed by atoms with Gasteiger partial charge in [-0.3, -0.25) is 9.69 Å². The van der Waals surface area contributed by atoms with E-state index in [-0.39, 0.29) is 11.9 Å². The second-order valence-corrected chi connectivity index (χ2v) is 9.46. The lowest BCUT2D eigenvalue weighted by Gasteiger charge is -2.29. The molecular weight excluding hydrogens is 424 g/mol. The highest BCUT2D eigenvalue weighted by Crippen LogP contribution is 2.39. The quantitative estimate of drug-likeness (QED) is 0.454. The lowest BCUT2D eigenvalue weighted by atomic mass is 10.0. The molecule has 1 atom stereocenters. The zero-order chi connectivity index (χ0) is 22.5. The first kappa shape index (κ1) is 22.4. The van der Waals surface area contributed by atoms with Crippen LogP contribution >= 0.6 is 11.3 Å². The Labute approximate surface area is 193 Å². The molecule has 1 fully saturated rings. The van der Waals surface area contributed by atoms with Gasteiger partial charge in [-0.25, -0.2) is 0 Å². The van der Waals surface area contributed by atoms with Crippen LogP contribution in [0, 0.1) is 6.92 Å². The first-order chi connectivity index (χ1) is 15.6. The Morgan fingerprint density at radius 3 is 2.75 bits per heavy atom. The van der Waals surface area contributed by atoms with E-state index in [0.717, 1.165) is 42.2 Å². The van der Waals surface area contributed by atoms with E-state index < -0.39 is 0 Å². The van der Waals surface area contributed by atoms with Crippen LogP contribution in [0.5, 0.6) is 11.5 Å². The number of amides is 1. The Hall–Kier alpha value is -2.77. The summed E-state index contributed by atoms with van der Waals surface area (Å²) in [5, 5.41) is 0. The van der Waals surface area contributed by atoms with E-state index >= 15 is 0 Å². The van der Waals surface area contributed by atoms with Crippen molar-refractivity contribution >= 4 is 17.2 Å². The summed E-state index contributed by atoms with van der Waals surface area (Å²) in [6.07, 6.45) is 3.56. The highest BCUT2D eigenvalue weighted by Gasteiger charge is 2.33. The number of hydrogen-bond acceptors (Lipinski definition) is 6. The van der Waals surface area contributed by atoms with Crippen LogP contribution < -0.4 is 9.47 Å². The van der Waals surface area contributed by atoms with Crippen LogP contribution in [0.4, 0.5) is 0 Å². The molecule has 0 N–H and O–H groups in total. The van der Waals surface area contributed by atoms with Crippen molar-refractivity contribution in [1.82, 2.24) is 9.80 Å². The van der Waals surface area contributed by atoms with Crippen molar-refractivity contribution in [3.63, 3.8) is 0 Å². The molecule has 1 unspecified atom stereocenters. The van der Waals surface area contributed by atoms with Crippen LogP contribution in [0.2, 0.25) is 0 Å². The Morgan fingerprint density at radius 1 is 1.19 bits per heavy atom. The van der Waals surface area contributed by atoms with Crippen LogP contribution in [-0.4, -0.2) is 43.0 Å². The van der Waals surface area contributed by atoms with Crippen LogP contribution in [0.1, 0.15) is 40.0 Å². The number of likely N-dealkylation sites (tertiary alicyclic amines) is 1. The molecule has 0 bridgehead atoms. The maximum absolute atomic E-state index is 13.5. The Bertz CT molecular complexity index is 1030. The molecule has 32 heavy (non-hydrogen) atoms. The smallest absolute Gasteiger partial charge is 0.237 e. The fourth-order valence-corrected chi connectivity index (χ4v) is 5.28. The maximum atomic E-state index is 13.5. The lowest BCUT2D eigenvalue weighted by molar-refractivity contribution is -0.133. The summed E-state index contributed by atoms with van der Waals surface area (Å²) < 4.78 is 16.6. The minimum atomic E-state index is -0.0120. The van der Waals surface area contributed by atoms with E-state index in [2.05, 4.69) is 24.0 Å². The standard InChI is InChI=1S/C25H30N2O4S/c1-18-8-10-21(32-18)16-26(15-20-6-5-13-31-20)17-25(28)27-12-4-7-23(27)22-14-19(29-2)9-11-24(22)30-3/h5-6,8-11,13-14,23H,4,7,12,15-17H2,1-3H3. The number of aryl methyl sites for hydroxylation is 1. The average Bonchev–Trinajstić information content (AvgIpc) is 3.55. The molecule has 170 valence electrons. The van der Waals surface area contributed by atoms with E-state index in [1.165, 1.54) is 9.75 Å². The van der Waals surface area contributed by atoms with Gasteiger partial charge in [-0.1, -0.05) is 0 Å². The van der Waals surface area contributed by atoms with E-state index in [1.54, 1.807) is 31.8 Å². The Balaban J connectivity index is 1.53. The molecule has 0 spiro atoms. The molecule has 1 amide bonds. The van der Waals surface area contributed by atoms with Crippen molar-refractivity contribution in [1.29, 1.82) is 0 Å². The van der Waals surface area contributed by atoms with Gasteiger partial charge in [-0.05, 0) is 62.2 Å². The zero-order valence-electron chi connectivity index (χ0n) is 18.9. The van der Waals surface area contributed by atoms with Crippen molar-refractivity contribution < 1.29 is 18.7 Å². The van der Waals surface area contributed by atoms with Gasteiger partial charge in [0.25, 0.3) is 0 Å². The monoisotopic (exact) mass is 454 g/mol. The van der Waals surface area contributed by atoms with Crippen molar-refractivity contribution in [2.75, 3.05) is 27.3 Å². The molecule has 0 aliphatic carbocycles. The lowest BCUT2D eigenvalue weighted by Crippen LogP contribution is -2.39. The summed E-state index contributed by atoms with van der Waals surface area (Å²) in [6, 6.07) is 13.9. The summed E-state index contributed by atoms with van der Waals surface area (Å²) >= 11 is 1.77. The summed E-state index contributed by atoms with van der Waals surface area (Å²) in [6.45, 7) is 4.49. The molecule has 4 rings (SSSR count). The van der Waals surface area contributed by atoms with Crippen molar-refractivity contribution in [3.8, 4) is 11.5 Å². The first-order valence-corrected chi connectivity index (χ1v) is 11.7. The van der Waals surface area contributed by atoms with Gasteiger partial charge in [0.05, 0.1) is 39.6 Å². The van der Waals surface area contributed by atoms with E-state index in [9.17, 15) is 4.79 Å². The van der Waals surface area contributed by atoms with Crippen LogP contribution in [-0.2, 0) is 17.9 Å². The highest BCUT2D eigenvalue weighted by molar-refractivity contribution is 7.11. The third kappa shape index (κ3) is 5.16. The van der Waals surface area contributed by atoms with Gasteiger partial charge >= 0.3 is 0 Å². The number of hydrogen-bond donors (Lipinski definition) is 0. The fraction of sp³-hybridized carbons (Fsp3) is 0.400. The fourth-order valence-electron chi connectivity index (χ4n) is 4.35. The van der Waals surface area contributed by atoms with Gasteiger partial charge in [0, 0.05) is 28.4 Å². The maximum Gasteiger partial charge on any atom is 0.237 e. The third-order valence-electron chi connectivity index (χ3n) is 5.86. The highest BCUT2D eigenvalue weighted by atomic mass is 32.1. The predicted molar refractivity (Wildman–Crippen MR) is 125 cm³/mol. The van der Waals surface area contributed by atoms with Gasteiger partial charge in [-0.2, -0.15) is 0 Å². The third-order valence-corrected chi connectivity index (χ3v) is 6.85. The van der Waals surface area contributed by atoms with Gasteiger partial charge in [0.1, 0.15) is 17.3 Å². The SMILES string of the molecule is COc1ccc(OC)c(C2CCCN2C(=O)CN(Cc2ccco2)Cc2ccc(C)s2)c1. The number of thiophene rings is 1. The molecule has 1 aliphatic heterocycles. The number of carbonyl (C=O) groups is 1. The number of nitrogens with zero attached hydrogens (tertiary/aromatic N) is 2. The van der Waals surface area contributed by atoms with E-state index in [4.69, 9.17) is 13.9 Å². The number of carbonyl (C=O) groups excluding carboxylic acids is 1. The minimum Gasteiger partial charge on any atom is -0.497 e. The number of rotatable bonds is 9. The van der Waals surface area contributed by atoms with Gasteiger partial charge in [-0.15, -0.1) is 11.3 Å². The average molecular weight is 455 g/mol. The molecule has 0 radical (unpaired) electrons. The van der Waals surface area contributed by atoms with Crippen molar-refractivity contribution in [2.45, 2.75) is 38.9 Å². The topological polar surface area (TPSA) is 55.2 Å². The van der Waals surface area contributed by atoms with Crippen LogP contribution in [0.25, 0.3) is 0 Å². The van der Waals surface area contributed by atoms with Crippen molar-refractivity contribution in [3.05, 3.63) is 69.8 Å².